The summed E-state index contributed by atoms with van der Waals surface area (Å²) in [5.41, 5.74) is 4.48. The standard InChI is InChI=1S/C34H40N2O4S/c1-4-39-34(38)25(3)19-24(2)20-29-23-41-33(35-29)31(36-32(37)28-13-9-6-10-14-28)21-26-15-17-30(18-16-26)40-22-27-11-7-5-8-12-27/h5,7-8,11-12,15-20,23,28,31H,4,6,9-10,13-14,21-22H2,1-3H3,(H,36,37)/b24-20+,25-19-/t31-/m0/s1. The Hall–Kier alpha value is -3.71. The van der Waals surface area contributed by atoms with Crippen LogP contribution < -0.4 is 10.1 Å². The van der Waals surface area contributed by atoms with E-state index in [0.717, 1.165) is 58.8 Å². The second kappa shape index (κ2) is 15.3. The van der Waals surface area contributed by atoms with E-state index in [4.69, 9.17) is 14.5 Å². The second-order valence-corrected chi connectivity index (χ2v) is 11.5. The predicted molar refractivity (Wildman–Crippen MR) is 165 cm³/mol. The maximum absolute atomic E-state index is 13.3. The van der Waals surface area contributed by atoms with Crippen LogP contribution in [0.25, 0.3) is 6.08 Å². The summed E-state index contributed by atoms with van der Waals surface area (Å²) < 4.78 is 11.0. The molecule has 6 nitrogen and oxygen atoms in total. The Morgan fingerprint density at radius 3 is 2.46 bits per heavy atom. The van der Waals surface area contributed by atoms with E-state index in [1.165, 1.54) is 6.42 Å². The summed E-state index contributed by atoms with van der Waals surface area (Å²) in [5.74, 6) is 0.677. The highest BCUT2D eigenvalue weighted by Gasteiger charge is 2.25. The average molecular weight is 573 g/mol. The first kappa shape index (κ1) is 30.3. The Morgan fingerprint density at radius 2 is 1.76 bits per heavy atom. The number of carbonyl (C=O) groups excluding carboxylic acids is 2. The van der Waals surface area contributed by atoms with Crippen LogP contribution >= 0.6 is 11.3 Å². The number of thiazole rings is 1. The fraction of sp³-hybridized carbons (Fsp3) is 0.382. The van der Waals surface area contributed by atoms with Gasteiger partial charge in [-0.1, -0.05) is 61.7 Å². The van der Waals surface area contributed by atoms with Crippen LogP contribution in [0.2, 0.25) is 0 Å². The Morgan fingerprint density at radius 1 is 1.02 bits per heavy atom. The number of benzene rings is 2. The van der Waals surface area contributed by atoms with E-state index in [0.29, 0.717) is 25.2 Å². The molecule has 1 atom stereocenters. The minimum absolute atomic E-state index is 0.0672. The van der Waals surface area contributed by atoms with Crippen LogP contribution in [0.4, 0.5) is 0 Å². The van der Waals surface area contributed by atoms with Crippen LogP contribution in [0.15, 0.2) is 77.2 Å². The minimum atomic E-state index is -0.318. The van der Waals surface area contributed by atoms with Crippen molar-refractivity contribution in [3.05, 3.63) is 99.0 Å². The van der Waals surface area contributed by atoms with Crippen LogP contribution in [-0.2, 0) is 27.4 Å². The van der Waals surface area contributed by atoms with Gasteiger partial charge in [0.15, 0.2) is 0 Å². The number of hydrogen-bond donors (Lipinski definition) is 1. The molecule has 4 rings (SSSR count). The first-order valence-electron chi connectivity index (χ1n) is 14.5. The van der Waals surface area contributed by atoms with Gasteiger partial charge in [-0.05, 0) is 81.0 Å². The molecular formula is C34H40N2O4S. The molecule has 1 fully saturated rings. The van der Waals surface area contributed by atoms with Gasteiger partial charge in [0.2, 0.25) is 5.91 Å². The molecule has 41 heavy (non-hydrogen) atoms. The normalized spacial score (nSPS) is 15.3. The van der Waals surface area contributed by atoms with Gasteiger partial charge in [-0.3, -0.25) is 4.79 Å². The quantitative estimate of drug-likeness (QED) is 0.137. The summed E-state index contributed by atoms with van der Waals surface area (Å²) in [4.78, 5) is 30.1. The van der Waals surface area contributed by atoms with E-state index in [-0.39, 0.29) is 23.8 Å². The number of aromatic nitrogens is 1. The fourth-order valence-corrected chi connectivity index (χ4v) is 5.83. The van der Waals surface area contributed by atoms with E-state index in [1.807, 2.05) is 60.8 Å². The van der Waals surface area contributed by atoms with Crippen LogP contribution in [-0.4, -0.2) is 23.5 Å². The molecule has 1 heterocycles. The summed E-state index contributed by atoms with van der Waals surface area (Å²) in [6.45, 7) is 6.34. The molecule has 7 heteroatoms. The summed E-state index contributed by atoms with van der Waals surface area (Å²) >= 11 is 1.54. The van der Waals surface area contributed by atoms with Crippen molar-refractivity contribution in [2.75, 3.05) is 6.61 Å². The van der Waals surface area contributed by atoms with Gasteiger partial charge in [0.1, 0.15) is 17.4 Å². The molecular weight excluding hydrogens is 532 g/mol. The molecule has 0 aliphatic heterocycles. The summed E-state index contributed by atoms with van der Waals surface area (Å²) in [6, 6.07) is 17.9. The zero-order chi connectivity index (χ0) is 29.0. The highest BCUT2D eigenvalue weighted by molar-refractivity contribution is 7.09. The number of carbonyl (C=O) groups is 2. The van der Waals surface area contributed by atoms with E-state index >= 15 is 0 Å². The fourth-order valence-electron chi connectivity index (χ4n) is 5.00. The maximum atomic E-state index is 13.3. The number of allylic oxidation sites excluding steroid dienone is 2. The largest absolute Gasteiger partial charge is 0.489 e. The van der Waals surface area contributed by atoms with Crippen molar-refractivity contribution >= 4 is 29.3 Å². The van der Waals surface area contributed by atoms with Crippen molar-refractivity contribution in [1.29, 1.82) is 0 Å². The third kappa shape index (κ3) is 9.42. The summed E-state index contributed by atoms with van der Waals surface area (Å²) in [6.07, 6.45) is 9.70. The minimum Gasteiger partial charge on any atom is -0.489 e. The number of ether oxygens (including phenoxy) is 2. The van der Waals surface area contributed by atoms with E-state index < -0.39 is 0 Å². The molecule has 3 aromatic rings. The number of nitrogens with zero attached hydrogens (tertiary/aromatic N) is 1. The highest BCUT2D eigenvalue weighted by atomic mass is 32.1. The second-order valence-electron chi connectivity index (χ2n) is 10.6. The zero-order valence-corrected chi connectivity index (χ0v) is 25.0. The molecule has 0 spiro atoms. The van der Waals surface area contributed by atoms with E-state index in [1.54, 1.807) is 31.3 Å². The lowest BCUT2D eigenvalue weighted by Gasteiger charge is -2.24. The predicted octanol–water partition coefficient (Wildman–Crippen LogP) is 7.62. The first-order valence-corrected chi connectivity index (χ1v) is 15.3. The van der Waals surface area contributed by atoms with Crippen molar-refractivity contribution in [3.63, 3.8) is 0 Å². The third-order valence-electron chi connectivity index (χ3n) is 7.16. The van der Waals surface area contributed by atoms with Gasteiger partial charge in [0.25, 0.3) is 0 Å². The Kier molecular flexibility index (Phi) is 11.3. The lowest BCUT2D eigenvalue weighted by atomic mass is 9.88. The topological polar surface area (TPSA) is 77.5 Å². The molecule has 216 valence electrons. The van der Waals surface area contributed by atoms with Crippen molar-refractivity contribution in [3.8, 4) is 5.75 Å². The number of rotatable bonds is 12. The van der Waals surface area contributed by atoms with Crippen molar-refractivity contribution in [2.24, 2.45) is 5.92 Å². The van der Waals surface area contributed by atoms with Gasteiger partial charge >= 0.3 is 5.97 Å². The third-order valence-corrected chi connectivity index (χ3v) is 8.14. The van der Waals surface area contributed by atoms with Gasteiger partial charge in [0.05, 0.1) is 18.3 Å². The highest BCUT2D eigenvalue weighted by Crippen LogP contribution is 2.28. The number of esters is 1. The molecule has 0 unspecified atom stereocenters. The molecule has 1 amide bonds. The van der Waals surface area contributed by atoms with Gasteiger partial charge in [-0.2, -0.15) is 0 Å². The van der Waals surface area contributed by atoms with Crippen molar-refractivity contribution < 1.29 is 19.1 Å². The van der Waals surface area contributed by atoms with Crippen LogP contribution in [0.3, 0.4) is 0 Å². The molecule has 0 saturated heterocycles. The van der Waals surface area contributed by atoms with Crippen LogP contribution in [0, 0.1) is 5.92 Å². The van der Waals surface area contributed by atoms with Crippen molar-refractivity contribution in [2.45, 2.75) is 71.9 Å². The lowest BCUT2D eigenvalue weighted by molar-refractivity contribution is -0.138. The SMILES string of the molecule is CCOC(=O)/C(C)=C\C(C)=C\c1csc([C@H](Cc2ccc(OCc3ccccc3)cc2)NC(=O)C2CCCCC2)n1. The summed E-state index contributed by atoms with van der Waals surface area (Å²) in [5, 5.41) is 6.18. The van der Waals surface area contributed by atoms with Gasteiger partial charge < -0.3 is 14.8 Å². The molecule has 1 N–H and O–H groups in total. The maximum Gasteiger partial charge on any atom is 0.333 e. The summed E-state index contributed by atoms with van der Waals surface area (Å²) in [7, 11) is 0. The number of amides is 1. The number of hydrogen-bond acceptors (Lipinski definition) is 6. The Labute approximate surface area is 247 Å². The molecule has 2 aromatic carbocycles. The molecule has 0 radical (unpaired) electrons. The average Bonchev–Trinajstić information content (AvgIpc) is 3.45. The monoisotopic (exact) mass is 572 g/mol. The molecule has 0 bridgehead atoms. The van der Waals surface area contributed by atoms with Crippen LogP contribution in [0.1, 0.15) is 80.7 Å². The first-order chi connectivity index (χ1) is 19.9. The zero-order valence-electron chi connectivity index (χ0n) is 24.2. The lowest BCUT2D eigenvalue weighted by Crippen LogP contribution is -2.35. The van der Waals surface area contributed by atoms with Crippen molar-refractivity contribution in [1.82, 2.24) is 10.3 Å². The van der Waals surface area contributed by atoms with Gasteiger partial charge in [0, 0.05) is 16.9 Å². The smallest absolute Gasteiger partial charge is 0.333 e. The molecule has 1 aliphatic carbocycles. The molecule has 1 saturated carbocycles. The van der Waals surface area contributed by atoms with Crippen LogP contribution in [0.5, 0.6) is 5.75 Å². The van der Waals surface area contributed by atoms with Gasteiger partial charge in [-0.15, -0.1) is 11.3 Å². The molecule has 1 aromatic heterocycles. The Bertz CT molecular complexity index is 1340. The molecule has 1 aliphatic rings. The van der Waals surface area contributed by atoms with E-state index in [9.17, 15) is 9.59 Å². The Balaban J connectivity index is 1.47. The number of nitrogens with one attached hydrogen (secondary N) is 1. The van der Waals surface area contributed by atoms with E-state index in [2.05, 4.69) is 17.4 Å². The van der Waals surface area contributed by atoms with Gasteiger partial charge in [-0.25, -0.2) is 9.78 Å².